The van der Waals surface area contributed by atoms with Gasteiger partial charge in [0.1, 0.15) is 25.0 Å². The van der Waals surface area contributed by atoms with E-state index < -0.39 is 6.10 Å². The molecule has 0 saturated carbocycles. The van der Waals surface area contributed by atoms with Crippen LogP contribution in [-0.2, 0) is 0 Å². The first kappa shape index (κ1) is 17.0. The highest BCUT2D eigenvalue weighted by Gasteiger charge is 2.13. The minimum Gasteiger partial charge on any atom is -0.490 e. The fourth-order valence-corrected chi connectivity index (χ4v) is 2.05. The van der Waals surface area contributed by atoms with Gasteiger partial charge in [0, 0.05) is 0 Å². The molecule has 0 fully saturated rings. The molecule has 0 aliphatic carbocycles. The Morgan fingerprint density at radius 1 is 1.15 bits per heavy atom. The van der Waals surface area contributed by atoms with Gasteiger partial charge in [0.05, 0.1) is 6.04 Å². The summed E-state index contributed by atoms with van der Waals surface area (Å²) in [4.78, 5) is 0. The number of aliphatic hydroxyl groups is 1. The van der Waals surface area contributed by atoms with Crippen molar-refractivity contribution in [2.75, 3.05) is 13.2 Å². The van der Waals surface area contributed by atoms with Crippen LogP contribution < -0.4 is 10.1 Å². The minimum atomic E-state index is -0.422. The predicted octanol–water partition coefficient (Wildman–Crippen LogP) is 2.30. The highest BCUT2D eigenvalue weighted by Crippen LogP contribution is 2.28. The first-order valence-corrected chi connectivity index (χ1v) is 7.81. The summed E-state index contributed by atoms with van der Waals surface area (Å²) in [6.07, 6.45) is 1.78. The van der Waals surface area contributed by atoms with Crippen LogP contribution in [0.3, 0.4) is 0 Å². The minimum absolute atomic E-state index is 0.361. The molecule has 0 radical (unpaired) electrons. The molecule has 3 N–H and O–H groups in total. The van der Waals surface area contributed by atoms with Gasteiger partial charge in [0.15, 0.2) is 0 Å². The van der Waals surface area contributed by atoms with E-state index in [4.69, 9.17) is 4.74 Å². The molecule has 0 unspecified atom stereocenters. The molecule has 114 valence electrons. The molecule has 0 bridgehead atoms. The van der Waals surface area contributed by atoms with Crippen molar-refractivity contribution < 1.29 is 15.2 Å². The Bertz CT molecular complexity index is 381. The Hall–Kier alpha value is -1.06. The standard InChI is InChI=1S/C17H29NO2/c1-5-13(3)16-9-7-8-10-17(16)20-12-15(19)11-18-14(4)6-2/h7-10,13-15,18-19H,5-6,11-12H2,1-4H3/p+1/t13-,14+,15-/m1/s1. The number of quaternary nitrogens is 1. The Morgan fingerprint density at radius 3 is 2.50 bits per heavy atom. The van der Waals surface area contributed by atoms with E-state index in [1.165, 1.54) is 5.56 Å². The fraction of sp³-hybridized carbons (Fsp3) is 0.647. The molecule has 20 heavy (non-hydrogen) atoms. The molecule has 0 aliphatic rings. The predicted molar refractivity (Wildman–Crippen MR) is 83.2 cm³/mol. The molecule has 1 rings (SSSR count). The van der Waals surface area contributed by atoms with Crippen LogP contribution in [0.2, 0.25) is 0 Å². The molecular weight excluding hydrogens is 250 g/mol. The van der Waals surface area contributed by atoms with Crippen molar-refractivity contribution >= 4 is 0 Å². The molecule has 3 nitrogen and oxygen atoms in total. The normalized spacial score (nSPS) is 15.7. The molecule has 3 heteroatoms. The summed E-state index contributed by atoms with van der Waals surface area (Å²) >= 11 is 0. The summed E-state index contributed by atoms with van der Waals surface area (Å²) in [6.45, 7) is 9.77. The third kappa shape index (κ3) is 5.51. The number of nitrogens with two attached hydrogens (primary N) is 1. The van der Waals surface area contributed by atoms with Gasteiger partial charge in [0.25, 0.3) is 0 Å². The van der Waals surface area contributed by atoms with Crippen molar-refractivity contribution in [2.45, 2.75) is 58.6 Å². The van der Waals surface area contributed by atoms with Crippen LogP contribution in [0.15, 0.2) is 24.3 Å². The maximum atomic E-state index is 9.99. The van der Waals surface area contributed by atoms with Gasteiger partial charge in [0.2, 0.25) is 0 Å². The van der Waals surface area contributed by atoms with Crippen LogP contribution in [0, 0.1) is 0 Å². The molecule has 1 aromatic carbocycles. The third-order valence-corrected chi connectivity index (χ3v) is 3.95. The van der Waals surface area contributed by atoms with E-state index in [-0.39, 0.29) is 0 Å². The first-order chi connectivity index (χ1) is 9.58. The quantitative estimate of drug-likeness (QED) is 0.729. The van der Waals surface area contributed by atoms with E-state index in [0.717, 1.165) is 18.6 Å². The van der Waals surface area contributed by atoms with Crippen LogP contribution in [0.25, 0.3) is 0 Å². The van der Waals surface area contributed by atoms with Gasteiger partial charge in [-0.2, -0.15) is 0 Å². The average molecular weight is 280 g/mol. The zero-order valence-corrected chi connectivity index (χ0v) is 13.3. The number of hydrogen-bond acceptors (Lipinski definition) is 2. The fourth-order valence-electron chi connectivity index (χ4n) is 2.05. The maximum Gasteiger partial charge on any atom is 0.137 e. The molecule has 0 amide bonds. The van der Waals surface area contributed by atoms with Gasteiger partial charge in [-0.1, -0.05) is 39.0 Å². The zero-order valence-electron chi connectivity index (χ0n) is 13.3. The number of para-hydroxylation sites is 1. The van der Waals surface area contributed by atoms with Gasteiger partial charge < -0.3 is 15.2 Å². The number of hydrogen-bond donors (Lipinski definition) is 2. The Labute approximate surface area is 123 Å². The lowest BCUT2D eigenvalue weighted by Gasteiger charge is -2.18. The average Bonchev–Trinajstić information content (AvgIpc) is 2.49. The van der Waals surface area contributed by atoms with E-state index in [9.17, 15) is 5.11 Å². The van der Waals surface area contributed by atoms with Gasteiger partial charge in [-0.05, 0) is 37.3 Å². The third-order valence-electron chi connectivity index (χ3n) is 3.95. The summed E-state index contributed by atoms with van der Waals surface area (Å²) in [5, 5.41) is 12.2. The van der Waals surface area contributed by atoms with Crippen LogP contribution in [0.4, 0.5) is 0 Å². The van der Waals surface area contributed by atoms with Crippen LogP contribution >= 0.6 is 0 Å². The van der Waals surface area contributed by atoms with Crippen molar-refractivity contribution in [2.24, 2.45) is 0 Å². The highest BCUT2D eigenvalue weighted by atomic mass is 16.5. The largest absolute Gasteiger partial charge is 0.490 e. The molecule has 1 aromatic rings. The van der Waals surface area contributed by atoms with E-state index in [1.807, 2.05) is 18.2 Å². The molecule has 0 saturated heterocycles. The lowest BCUT2D eigenvalue weighted by molar-refractivity contribution is -0.691. The number of rotatable bonds is 9. The second-order valence-corrected chi connectivity index (χ2v) is 5.67. The molecule has 0 spiro atoms. The molecule has 0 heterocycles. The smallest absolute Gasteiger partial charge is 0.137 e. The zero-order chi connectivity index (χ0) is 15.0. The van der Waals surface area contributed by atoms with Gasteiger partial charge in [-0.15, -0.1) is 0 Å². The Morgan fingerprint density at radius 2 is 1.85 bits per heavy atom. The maximum absolute atomic E-state index is 9.99. The highest BCUT2D eigenvalue weighted by molar-refractivity contribution is 5.35. The molecular formula is C17H30NO2+. The number of ether oxygens (including phenoxy) is 1. The first-order valence-electron chi connectivity index (χ1n) is 7.81. The lowest BCUT2D eigenvalue weighted by Crippen LogP contribution is -2.91. The van der Waals surface area contributed by atoms with Crippen LogP contribution in [0.5, 0.6) is 5.75 Å². The van der Waals surface area contributed by atoms with E-state index in [1.54, 1.807) is 0 Å². The topological polar surface area (TPSA) is 46.1 Å². The van der Waals surface area contributed by atoms with Crippen molar-refractivity contribution in [1.29, 1.82) is 0 Å². The summed E-state index contributed by atoms with van der Waals surface area (Å²) in [7, 11) is 0. The summed E-state index contributed by atoms with van der Waals surface area (Å²) in [5.74, 6) is 1.39. The molecule has 0 aliphatic heterocycles. The summed E-state index contributed by atoms with van der Waals surface area (Å²) in [5.41, 5.74) is 1.23. The molecule has 0 aromatic heterocycles. The summed E-state index contributed by atoms with van der Waals surface area (Å²) in [6, 6.07) is 8.69. The Balaban J connectivity index is 2.49. The van der Waals surface area contributed by atoms with Crippen LogP contribution in [0.1, 0.15) is 52.0 Å². The van der Waals surface area contributed by atoms with Crippen molar-refractivity contribution in [3.63, 3.8) is 0 Å². The monoisotopic (exact) mass is 280 g/mol. The molecule has 3 atom stereocenters. The second kappa shape index (κ2) is 8.98. The van der Waals surface area contributed by atoms with Crippen LogP contribution in [-0.4, -0.2) is 30.4 Å². The van der Waals surface area contributed by atoms with Crippen molar-refractivity contribution in [3.05, 3.63) is 29.8 Å². The van der Waals surface area contributed by atoms with Crippen molar-refractivity contribution in [3.8, 4) is 5.75 Å². The lowest BCUT2D eigenvalue weighted by atomic mass is 9.98. The van der Waals surface area contributed by atoms with E-state index in [0.29, 0.717) is 25.1 Å². The summed E-state index contributed by atoms with van der Waals surface area (Å²) < 4.78 is 5.82. The number of aliphatic hydroxyl groups excluding tert-OH is 1. The SMILES string of the molecule is CC[C@@H](C)c1ccccc1OC[C@H](O)C[NH2+][C@@H](C)CC. The van der Waals surface area contributed by atoms with E-state index >= 15 is 0 Å². The number of benzene rings is 1. The van der Waals surface area contributed by atoms with Gasteiger partial charge in [-0.25, -0.2) is 0 Å². The van der Waals surface area contributed by atoms with Gasteiger partial charge >= 0.3 is 0 Å². The van der Waals surface area contributed by atoms with E-state index in [2.05, 4.69) is 39.1 Å². The second-order valence-electron chi connectivity index (χ2n) is 5.67. The van der Waals surface area contributed by atoms with Gasteiger partial charge in [-0.3, -0.25) is 0 Å². The Kier molecular flexibility index (Phi) is 7.63. The van der Waals surface area contributed by atoms with Crippen molar-refractivity contribution in [1.82, 2.24) is 0 Å².